The summed E-state index contributed by atoms with van der Waals surface area (Å²) in [6.07, 6.45) is -11.9. The van der Waals surface area contributed by atoms with Gasteiger partial charge in [-0.2, -0.15) is 0 Å². The van der Waals surface area contributed by atoms with Gasteiger partial charge in [0.1, 0.15) is 42.7 Å². The summed E-state index contributed by atoms with van der Waals surface area (Å²) in [4.78, 5) is 17.1. The largest absolute Gasteiger partial charge is 0.469 e. The summed E-state index contributed by atoms with van der Waals surface area (Å²) in [5.41, 5.74) is 0. The summed E-state index contributed by atoms with van der Waals surface area (Å²) in [5, 5.41) is 56.7. The van der Waals surface area contributed by atoms with E-state index < -0.39 is 63.8 Å². The van der Waals surface area contributed by atoms with Gasteiger partial charge in [0.2, 0.25) is 0 Å². The molecule has 0 aromatic rings. The number of hydrogen-bond acceptors (Lipinski definition) is 9. The molecule has 0 bridgehead atoms. The molecule has 8 N–H and O–H groups in total. The minimum atomic E-state index is -4.85. The van der Waals surface area contributed by atoms with Gasteiger partial charge in [-0.15, -0.1) is 0 Å². The van der Waals surface area contributed by atoms with Crippen molar-refractivity contribution in [2.24, 2.45) is 0 Å². The van der Waals surface area contributed by atoms with Gasteiger partial charge in [0.15, 0.2) is 0 Å². The summed E-state index contributed by atoms with van der Waals surface area (Å²) in [6.45, 7) is -1.68. The predicted octanol–water partition coefficient (Wildman–Crippen LogP) is -4.34. The van der Waals surface area contributed by atoms with Crippen LogP contribution in [0.15, 0.2) is 0 Å². The first-order valence-electron chi connectivity index (χ1n) is 5.95. The van der Waals surface area contributed by atoms with Crippen molar-refractivity contribution in [1.29, 1.82) is 0 Å². The van der Waals surface area contributed by atoms with Gasteiger partial charge in [0, 0.05) is 0 Å². The number of rotatable bonds is 6. The Balaban J connectivity index is 2.80. The van der Waals surface area contributed by atoms with Gasteiger partial charge in [-0.05, 0) is 0 Å². The zero-order valence-corrected chi connectivity index (χ0v) is 11.6. The second kappa shape index (κ2) is 7.40. The topological polar surface area (TPSA) is 197 Å². The number of phosphoric ester groups is 1. The molecule has 11 nitrogen and oxygen atoms in total. The Labute approximate surface area is 119 Å². The highest BCUT2D eigenvalue weighted by Gasteiger charge is 2.48. The third-order valence-corrected chi connectivity index (χ3v) is 3.56. The van der Waals surface area contributed by atoms with Crippen molar-refractivity contribution >= 4 is 7.82 Å². The fourth-order valence-electron chi connectivity index (χ4n) is 1.90. The summed E-state index contributed by atoms with van der Waals surface area (Å²) in [7, 11) is -4.85. The van der Waals surface area contributed by atoms with Crippen LogP contribution in [-0.4, -0.2) is 96.4 Å². The van der Waals surface area contributed by atoms with Crippen molar-refractivity contribution < 1.29 is 54.3 Å². The second-order valence-corrected chi connectivity index (χ2v) is 5.88. The van der Waals surface area contributed by atoms with Gasteiger partial charge < -0.3 is 45.2 Å². The first-order valence-corrected chi connectivity index (χ1v) is 7.48. The number of hydrogen-bond donors (Lipinski definition) is 8. The lowest BCUT2D eigenvalue weighted by Gasteiger charge is -2.42. The first-order chi connectivity index (χ1) is 9.58. The zero-order valence-electron chi connectivity index (χ0n) is 10.7. The van der Waals surface area contributed by atoms with E-state index in [4.69, 9.17) is 19.6 Å². The number of aliphatic hydroxyl groups is 6. The maximum Gasteiger partial charge on any atom is 0.469 e. The average molecular weight is 334 g/mol. The Hall–Kier alpha value is -0.170. The van der Waals surface area contributed by atoms with E-state index >= 15 is 0 Å². The van der Waals surface area contributed by atoms with Crippen LogP contribution in [0.2, 0.25) is 0 Å². The van der Waals surface area contributed by atoms with Crippen LogP contribution in [0.3, 0.4) is 0 Å². The standard InChI is InChI=1S/C9H19O11P/c10-1-3(11)5(12)9-8(15)7(14)6(13)4(20-9)2-19-21(16,17)18/h3-15H,1-2H2,(H2,16,17,18)/t3?,4-,5?,6-,7+,8-,9?/m1/s1. The van der Waals surface area contributed by atoms with Gasteiger partial charge in [-0.25, -0.2) is 4.57 Å². The SMILES string of the molecule is O=P(O)(O)OC[C@H]1OC(C(O)C(O)CO)[C@H](O)[C@@H](O)[C@@H]1O. The van der Waals surface area contributed by atoms with E-state index in [0.29, 0.717) is 0 Å². The third kappa shape index (κ3) is 4.91. The van der Waals surface area contributed by atoms with E-state index in [0.717, 1.165) is 0 Å². The lowest BCUT2D eigenvalue weighted by molar-refractivity contribution is -0.257. The minimum absolute atomic E-state index is 0.826. The Morgan fingerprint density at radius 1 is 1.10 bits per heavy atom. The van der Waals surface area contributed by atoms with E-state index in [1.165, 1.54) is 0 Å². The normalized spacial score (nSPS) is 37.2. The van der Waals surface area contributed by atoms with Crippen LogP contribution in [0, 0.1) is 0 Å². The molecule has 21 heavy (non-hydrogen) atoms. The Bertz CT molecular complexity index is 369. The highest BCUT2D eigenvalue weighted by Crippen LogP contribution is 2.37. The number of aliphatic hydroxyl groups excluding tert-OH is 6. The molecule has 0 saturated carbocycles. The van der Waals surface area contributed by atoms with Gasteiger partial charge >= 0.3 is 7.82 Å². The van der Waals surface area contributed by atoms with Gasteiger partial charge in [0.25, 0.3) is 0 Å². The van der Waals surface area contributed by atoms with Crippen LogP contribution in [-0.2, 0) is 13.8 Å². The van der Waals surface area contributed by atoms with Crippen molar-refractivity contribution in [3.8, 4) is 0 Å². The van der Waals surface area contributed by atoms with Crippen LogP contribution in [0.1, 0.15) is 0 Å². The second-order valence-electron chi connectivity index (χ2n) is 4.64. The van der Waals surface area contributed by atoms with Gasteiger partial charge in [-0.1, -0.05) is 0 Å². The van der Waals surface area contributed by atoms with Crippen LogP contribution >= 0.6 is 7.82 Å². The number of ether oxygens (including phenoxy) is 1. The average Bonchev–Trinajstić information content (AvgIpc) is 2.41. The van der Waals surface area contributed by atoms with Crippen molar-refractivity contribution in [2.45, 2.75) is 42.7 Å². The third-order valence-electron chi connectivity index (χ3n) is 3.07. The molecule has 1 aliphatic rings. The van der Waals surface area contributed by atoms with Crippen LogP contribution in [0.25, 0.3) is 0 Å². The zero-order chi connectivity index (χ0) is 16.4. The molecule has 3 unspecified atom stereocenters. The highest BCUT2D eigenvalue weighted by atomic mass is 31.2. The molecule has 0 amide bonds. The molecule has 0 radical (unpaired) electrons. The Kier molecular flexibility index (Phi) is 6.65. The van der Waals surface area contributed by atoms with Crippen molar-refractivity contribution in [3.63, 3.8) is 0 Å². The van der Waals surface area contributed by atoms with E-state index in [-0.39, 0.29) is 0 Å². The molecule has 0 aliphatic carbocycles. The molecule has 0 aromatic heterocycles. The summed E-state index contributed by atoms with van der Waals surface area (Å²) in [5.74, 6) is 0. The van der Waals surface area contributed by atoms with Crippen molar-refractivity contribution in [2.75, 3.05) is 13.2 Å². The molecular formula is C9H19O11P. The molecule has 7 atom stereocenters. The van der Waals surface area contributed by atoms with Crippen LogP contribution in [0.5, 0.6) is 0 Å². The van der Waals surface area contributed by atoms with E-state index in [9.17, 15) is 30.1 Å². The minimum Gasteiger partial charge on any atom is -0.394 e. The quantitative estimate of drug-likeness (QED) is 0.218. The molecule has 1 rings (SSSR count). The summed E-state index contributed by atoms with van der Waals surface area (Å²) >= 11 is 0. The molecular weight excluding hydrogens is 315 g/mol. The summed E-state index contributed by atoms with van der Waals surface area (Å²) < 4.78 is 19.7. The first kappa shape index (κ1) is 18.9. The predicted molar refractivity (Wildman–Crippen MR) is 63.8 cm³/mol. The van der Waals surface area contributed by atoms with E-state index in [2.05, 4.69) is 4.52 Å². The van der Waals surface area contributed by atoms with Crippen molar-refractivity contribution in [1.82, 2.24) is 0 Å². The lowest BCUT2D eigenvalue weighted by atomic mass is 9.91. The van der Waals surface area contributed by atoms with Crippen molar-refractivity contribution in [3.05, 3.63) is 0 Å². The molecule has 1 saturated heterocycles. The fourth-order valence-corrected chi connectivity index (χ4v) is 2.24. The summed E-state index contributed by atoms with van der Waals surface area (Å²) in [6, 6.07) is 0. The molecule has 0 spiro atoms. The molecule has 1 fully saturated rings. The molecule has 0 aromatic carbocycles. The Morgan fingerprint density at radius 2 is 1.67 bits per heavy atom. The smallest absolute Gasteiger partial charge is 0.394 e. The van der Waals surface area contributed by atoms with Gasteiger partial charge in [0.05, 0.1) is 13.2 Å². The number of phosphoric acid groups is 1. The maximum atomic E-state index is 10.6. The molecule has 126 valence electrons. The molecule has 1 heterocycles. The maximum absolute atomic E-state index is 10.6. The molecule has 12 heteroatoms. The lowest BCUT2D eigenvalue weighted by Crippen LogP contribution is -2.63. The van der Waals surface area contributed by atoms with E-state index in [1.807, 2.05) is 0 Å². The Morgan fingerprint density at radius 3 is 2.14 bits per heavy atom. The van der Waals surface area contributed by atoms with E-state index in [1.54, 1.807) is 0 Å². The fraction of sp³-hybridized carbons (Fsp3) is 1.00. The van der Waals surface area contributed by atoms with Crippen LogP contribution < -0.4 is 0 Å². The monoisotopic (exact) mass is 334 g/mol. The highest BCUT2D eigenvalue weighted by molar-refractivity contribution is 7.46. The van der Waals surface area contributed by atoms with Crippen LogP contribution in [0.4, 0.5) is 0 Å². The molecule has 1 aliphatic heterocycles. The van der Waals surface area contributed by atoms with Gasteiger partial charge in [-0.3, -0.25) is 4.52 Å².